The molecule has 6 heteroatoms. The summed E-state index contributed by atoms with van der Waals surface area (Å²) in [5, 5.41) is 23.7. The summed E-state index contributed by atoms with van der Waals surface area (Å²) in [4.78, 5) is 26.1. The van der Waals surface area contributed by atoms with Gasteiger partial charge in [0, 0.05) is 6.42 Å². The van der Waals surface area contributed by atoms with Crippen molar-refractivity contribution in [1.82, 2.24) is 5.32 Å². The lowest BCUT2D eigenvalue weighted by Crippen LogP contribution is -2.46. The Labute approximate surface area is 373 Å². The highest BCUT2D eigenvalue weighted by Crippen LogP contribution is 2.18. The zero-order valence-corrected chi connectivity index (χ0v) is 40.4. The third-order valence-corrected chi connectivity index (χ3v) is 12.3. The van der Waals surface area contributed by atoms with Crippen LogP contribution in [-0.2, 0) is 14.3 Å². The minimum Gasteiger partial charge on any atom is -0.462 e. The number of aliphatic hydroxyl groups excluding tert-OH is 2. The van der Waals surface area contributed by atoms with Gasteiger partial charge >= 0.3 is 5.97 Å². The molecule has 0 spiro atoms. The molecule has 0 heterocycles. The summed E-state index contributed by atoms with van der Waals surface area (Å²) in [5.41, 5.74) is 0. The number of ether oxygens (including phenoxy) is 1. The molecule has 0 rings (SSSR count). The van der Waals surface area contributed by atoms with Crippen LogP contribution < -0.4 is 5.32 Å². The molecule has 3 N–H and O–H groups in total. The maximum atomic E-state index is 13.2. The van der Waals surface area contributed by atoms with E-state index in [1.165, 1.54) is 161 Å². The third kappa shape index (κ3) is 43.0. The SMILES string of the molecule is CC/C=C/C/C=C/CCCCCCCC(CC(=O)NC(CO)C(O)CCCCCCCCCCCC)OC(=O)CCCCCCCCCCCCCCCCCCCCC. The van der Waals surface area contributed by atoms with Crippen molar-refractivity contribution in [2.24, 2.45) is 0 Å². The fourth-order valence-electron chi connectivity index (χ4n) is 8.29. The minimum absolute atomic E-state index is 0.0731. The van der Waals surface area contributed by atoms with Crippen LogP contribution in [0.1, 0.15) is 284 Å². The van der Waals surface area contributed by atoms with Crippen LogP contribution >= 0.6 is 0 Å². The number of rotatable bonds is 48. The van der Waals surface area contributed by atoms with Crippen LogP contribution in [0, 0.1) is 0 Å². The first-order chi connectivity index (χ1) is 29.5. The monoisotopic (exact) mass is 846 g/mol. The molecule has 3 atom stereocenters. The fourth-order valence-corrected chi connectivity index (χ4v) is 8.29. The van der Waals surface area contributed by atoms with Gasteiger partial charge in [0.2, 0.25) is 5.91 Å². The van der Waals surface area contributed by atoms with Gasteiger partial charge in [0.15, 0.2) is 0 Å². The second-order valence-electron chi connectivity index (χ2n) is 18.3. The highest BCUT2D eigenvalue weighted by Gasteiger charge is 2.24. The molecule has 60 heavy (non-hydrogen) atoms. The number of unbranched alkanes of at least 4 members (excludes halogenated alkanes) is 32. The fraction of sp³-hybridized carbons (Fsp3) is 0.889. The molecule has 0 aromatic rings. The van der Waals surface area contributed by atoms with Crippen molar-refractivity contribution >= 4 is 11.9 Å². The normalized spacial score (nSPS) is 13.3. The van der Waals surface area contributed by atoms with E-state index in [2.05, 4.69) is 50.4 Å². The summed E-state index contributed by atoms with van der Waals surface area (Å²) in [6.07, 6.45) is 55.4. The molecule has 0 saturated carbocycles. The zero-order valence-electron chi connectivity index (χ0n) is 40.4. The Bertz CT molecular complexity index is 950. The van der Waals surface area contributed by atoms with E-state index in [0.717, 1.165) is 77.0 Å². The summed E-state index contributed by atoms with van der Waals surface area (Å²) < 4.78 is 5.93. The Balaban J connectivity index is 4.45. The Hall–Kier alpha value is -1.66. The van der Waals surface area contributed by atoms with E-state index < -0.39 is 18.2 Å². The van der Waals surface area contributed by atoms with Crippen LogP contribution in [0.5, 0.6) is 0 Å². The molecule has 0 aliphatic rings. The molecule has 0 aromatic carbocycles. The van der Waals surface area contributed by atoms with Gasteiger partial charge in [0.25, 0.3) is 0 Å². The van der Waals surface area contributed by atoms with E-state index in [0.29, 0.717) is 19.3 Å². The van der Waals surface area contributed by atoms with Gasteiger partial charge in [0.05, 0.1) is 25.2 Å². The maximum Gasteiger partial charge on any atom is 0.306 e. The molecular formula is C54H103NO5. The van der Waals surface area contributed by atoms with Crippen LogP contribution in [0.15, 0.2) is 24.3 Å². The predicted molar refractivity (Wildman–Crippen MR) is 260 cm³/mol. The number of amides is 1. The van der Waals surface area contributed by atoms with Gasteiger partial charge < -0.3 is 20.3 Å². The molecule has 1 amide bonds. The third-order valence-electron chi connectivity index (χ3n) is 12.3. The van der Waals surface area contributed by atoms with E-state index in [4.69, 9.17) is 4.74 Å². The molecule has 0 fully saturated rings. The zero-order chi connectivity index (χ0) is 43.8. The number of aliphatic hydroxyl groups is 2. The number of nitrogens with one attached hydrogen (secondary N) is 1. The second kappa shape index (κ2) is 48.4. The van der Waals surface area contributed by atoms with Gasteiger partial charge in [-0.1, -0.05) is 244 Å². The van der Waals surface area contributed by atoms with Crippen molar-refractivity contribution in [3.05, 3.63) is 24.3 Å². The predicted octanol–water partition coefficient (Wildman–Crippen LogP) is 15.9. The van der Waals surface area contributed by atoms with Crippen LogP contribution in [0.3, 0.4) is 0 Å². The van der Waals surface area contributed by atoms with Crippen molar-refractivity contribution in [3.8, 4) is 0 Å². The molecular weight excluding hydrogens is 743 g/mol. The van der Waals surface area contributed by atoms with Gasteiger partial charge in [0.1, 0.15) is 6.10 Å². The molecule has 3 unspecified atom stereocenters. The Morgan fingerprint density at radius 1 is 0.500 bits per heavy atom. The summed E-state index contributed by atoms with van der Waals surface area (Å²) in [6.45, 7) is 6.38. The largest absolute Gasteiger partial charge is 0.462 e. The van der Waals surface area contributed by atoms with E-state index in [1.54, 1.807) is 0 Å². The van der Waals surface area contributed by atoms with E-state index in [-0.39, 0.29) is 24.9 Å². The van der Waals surface area contributed by atoms with Crippen LogP contribution in [0.2, 0.25) is 0 Å². The summed E-state index contributed by atoms with van der Waals surface area (Å²) >= 11 is 0. The molecule has 0 bridgehead atoms. The quantitative estimate of drug-likeness (QED) is 0.0322. The van der Waals surface area contributed by atoms with Crippen LogP contribution in [-0.4, -0.2) is 46.9 Å². The topological polar surface area (TPSA) is 95.9 Å². The summed E-state index contributed by atoms with van der Waals surface area (Å²) in [7, 11) is 0. The van der Waals surface area contributed by atoms with Gasteiger partial charge in [-0.2, -0.15) is 0 Å². The first kappa shape index (κ1) is 58.3. The number of carbonyl (C=O) groups is 2. The highest BCUT2D eigenvalue weighted by atomic mass is 16.5. The Kier molecular flexibility index (Phi) is 47.0. The molecule has 354 valence electrons. The first-order valence-corrected chi connectivity index (χ1v) is 26.6. The minimum atomic E-state index is -0.786. The average molecular weight is 846 g/mol. The molecule has 0 aliphatic carbocycles. The van der Waals surface area contributed by atoms with Gasteiger partial charge in [-0.15, -0.1) is 0 Å². The molecule has 6 nitrogen and oxygen atoms in total. The van der Waals surface area contributed by atoms with Crippen molar-refractivity contribution in [1.29, 1.82) is 0 Å². The summed E-state index contributed by atoms with van der Waals surface area (Å²) in [6, 6.07) is -0.700. The number of esters is 1. The van der Waals surface area contributed by atoms with Crippen LogP contribution in [0.25, 0.3) is 0 Å². The lowest BCUT2D eigenvalue weighted by Gasteiger charge is -2.24. The van der Waals surface area contributed by atoms with Crippen molar-refractivity contribution in [3.63, 3.8) is 0 Å². The number of hydrogen-bond donors (Lipinski definition) is 3. The molecule has 0 aromatic heterocycles. The molecule has 0 saturated heterocycles. The standard InChI is InChI=1S/C54H103NO5/c1-4-7-10-13-16-19-22-24-25-26-27-28-29-30-32-35-38-41-44-47-54(59)60-50(45-42-39-36-33-31-23-20-17-14-11-8-5-2)48-53(58)55-51(49-56)52(57)46-43-40-37-34-21-18-15-12-9-6-3/h8,11,17,20,50-52,56-57H,4-7,9-10,12-16,18-19,21-49H2,1-3H3,(H,55,58)/b11-8+,20-17+. The lowest BCUT2D eigenvalue weighted by atomic mass is 10.0. The van der Waals surface area contributed by atoms with Gasteiger partial charge in [-0.25, -0.2) is 0 Å². The Morgan fingerprint density at radius 3 is 1.35 bits per heavy atom. The number of allylic oxidation sites excluding steroid dienone is 4. The Morgan fingerprint density at radius 2 is 0.900 bits per heavy atom. The highest BCUT2D eigenvalue weighted by molar-refractivity contribution is 5.77. The van der Waals surface area contributed by atoms with E-state index in [9.17, 15) is 19.8 Å². The number of carbonyl (C=O) groups excluding carboxylic acids is 2. The van der Waals surface area contributed by atoms with Crippen LogP contribution in [0.4, 0.5) is 0 Å². The van der Waals surface area contributed by atoms with Crippen molar-refractivity contribution in [2.75, 3.05) is 6.61 Å². The summed E-state index contributed by atoms with van der Waals surface area (Å²) in [5.74, 6) is -0.474. The lowest BCUT2D eigenvalue weighted by molar-refractivity contribution is -0.151. The molecule has 0 aliphatic heterocycles. The molecule has 0 radical (unpaired) electrons. The average Bonchev–Trinajstić information content (AvgIpc) is 3.24. The van der Waals surface area contributed by atoms with E-state index in [1.807, 2.05) is 0 Å². The maximum absolute atomic E-state index is 13.2. The van der Waals surface area contributed by atoms with Gasteiger partial charge in [-0.05, 0) is 51.4 Å². The van der Waals surface area contributed by atoms with Crippen molar-refractivity contribution < 1.29 is 24.5 Å². The second-order valence-corrected chi connectivity index (χ2v) is 18.3. The smallest absolute Gasteiger partial charge is 0.306 e. The first-order valence-electron chi connectivity index (χ1n) is 26.6. The van der Waals surface area contributed by atoms with Crippen molar-refractivity contribution in [2.45, 2.75) is 302 Å². The number of hydrogen-bond acceptors (Lipinski definition) is 5. The van der Waals surface area contributed by atoms with E-state index >= 15 is 0 Å². The van der Waals surface area contributed by atoms with Gasteiger partial charge in [-0.3, -0.25) is 9.59 Å².